The number of benzene rings is 1. The molecule has 0 spiro atoms. The number of hydrogen-bond acceptors (Lipinski definition) is 5. The molecule has 0 saturated heterocycles. The molecule has 0 saturated carbocycles. The Bertz CT molecular complexity index is 506. The highest BCUT2D eigenvalue weighted by Crippen LogP contribution is 2.24. The predicted molar refractivity (Wildman–Crippen MR) is 97.1 cm³/mol. The Morgan fingerprint density at radius 2 is 1.77 bits per heavy atom. The molecule has 0 fully saturated rings. The zero-order valence-corrected chi connectivity index (χ0v) is 16.1. The summed E-state index contributed by atoms with van der Waals surface area (Å²) in [5.74, 6) is 1.07. The molecule has 0 heterocycles. The Labute approximate surface area is 139 Å². The standard InChI is InChI=1S/C11H18N2O3S2.2C2H6/c1-16-10-4-3-8(5-9(12)7-17-2)6-11(10)18(13,14)15;2*1-2/h3-4,6,9H,5,7,12H2,1-2H3,(H2,13,14,15);2*1-2H3. The normalized spacial score (nSPS) is 11.5. The minimum Gasteiger partial charge on any atom is -0.495 e. The minimum atomic E-state index is -3.79. The SMILES string of the molecule is CC.CC.COc1ccc(CC(N)CSC)cc1S(N)(=O)=O. The number of methoxy groups -OCH3 is 1. The van der Waals surface area contributed by atoms with Crippen LogP contribution in [-0.2, 0) is 16.4 Å². The number of hydrogen-bond donors (Lipinski definition) is 2. The van der Waals surface area contributed by atoms with Crippen LogP contribution in [0.15, 0.2) is 23.1 Å². The summed E-state index contributed by atoms with van der Waals surface area (Å²) in [6, 6.07) is 4.91. The van der Waals surface area contributed by atoms with Gasteiger partial charge in [0.1, 0.15) is 10.6 Å². The molecule has 0 radical (unpaired) electrons. The first-order valence-corrected chi connectivity index (χ1v) is 10.3. The quantitative estimate of drug-likeness (QED) is 0.822. The molecule has 1 aromatic rings. The molecule has 0 bridgehead atoms. The Hall–Kier alpha value is -0.760. The monoisotopic (exact) mass is 350 g/mol. The van der Waals surface area contributed by atoms with E-state index in [4.69, 9.17) is 15.6 Å². The number of ether oxygens (including phenoxy) is 1. The molecule has 7 heteroatoms. The average Bonchev–Trinajstić information content (AvgIpc) is 2.50. The Balaban J connectivity index is 0. The highest BCUT2D eigenvalue weighted by molar-refractivity contribution is 7.98. The topological polar surface area (TPSA) is 95.4 Å². The molecule has 0 aliphatic heterocycles. The molecule has 1 rings (SSSR count). The molecule has 5 nitrogen and oxygen atoms in total. The van der Waals surface area contributed by atoms with Crippen LogP contribution in [0.1, 0.15) is 33.3 Å². The zero-order valence-electron chi connectivity index (χ0n) is 14.4. The van der Waals surface area contributed by atoms with E-state index in [1.54, 1.807) is 23.9 Å². The maximum Gasteiger partial charge on any atom is 0.241 e. The molecule has 1 aromatic carbocycles. The van der Waals surface area contributed by atoms with Gasteiger partial charge in [0.05, 0.1) is 7.11 Å². The van der Waals surface area contributed by atoms with Gasteiger partial charge in [-0.1, -0.05) is 33.8 Å². The molecule has 130 valence electrons. The average molecular weight is 351 g/mol. The number of nitrogens with two attached hydrogens (primary N) is 2. The van der Waals surface area contributed by atoms with Gasteiger partial charge in [-0.2, -0.15) is 11.8 Å². The Kier molecular flexibility index (Phi) is 13.6. The lowest BCUT2D eigenvalue weighted by Gasteiger charge is -2.12. The predicted octanol–water partition coefficient (Wildman–Crippen LogP) is 2.63. The molecule has 1 atom stereocenters. The Morgan fingerprint density at radius 1 is 1.23 bits per heavy atom. The summed E-state index contributed by atoms with van der Waals surface area (Å²) < 4.78 is 27.9. The van der Waals surface area contributed by atoms with Crippen LogP contribution in [-0.4, -0.2) is 33.6 Å². The molecule has 4 N–H and O–H groups in total. The van der Waals surface area contributed by atoms with Gasteiger partial charge >= 0.3 is 0 Å². The van der Waals surface area contributed by atoms with E-state index in [0.717, 1.165) is 11.3 Å². The lowest BCUT2D eigenvalue weighted by Crippen LogP contribution is -2.25. The van der Waals surface area contributed by atoms with Crippen molar-refractivity contribution < 1.29 is 13.2 Å². The molecule has 0 aliphatic rings. The van der Waals surface area contributed by atoms with Crippen molar-refractivity contribution in [2.24, 2.45) is 10.9 Å². The second-order valence-electron chi connectivity index (χ2n) is 3.95. The van der Waals surface area contributed by atoms with Crippen LogP contribution in [0.5, 0.6) is 5.75 Å². The van der Waals surface area contributed by atoms with E-state index in [-0.39, 0.29) is 16.7 Å². The van der Waals surface area contributed by atoms with Gasteiger partial charge in [-0.3, -0.25) is 0 Å². The van der Waals surface area contributed by atoms with Crippen LogP contribution in [0.2, 0.25) is 0 Å². The molecule has 0 aliphatic carbocycles. The largest absolute Gasteiger partial charge is 0.495 e. The third-order valence-corrected chi connectivity index (χ3v) is 4.11. The zero-order chi connectivity index (χ0) is 17.8. The van der Waals surface area contributed by atoms with Crippen LogP contribution >= 0.6 is 11.8 Å². The number of rotatable bonds is 6. The van der Waals surface area contributed by atoms with E-state index in [1.807, 2.05) is 34.0 Å². The molecule has 0 amide bonds. The fourth-order valence-electron chi connectivity index (χ4n) is 1.65. The van der Waals surface area contributed by atoms with Crippen molar-refractivity contribution >= 4 is 21.8 Å². The third kappa shape index (κ3) is 8.63. The van der Waals surface area contributed by atoms with Crippen molar-refractivity contribution in [2.75, 3.05) is 19.1 Å². The first-order valence-electron chi connectivity index (χ1n) is 7.32. The van der Waals surface area contributed by atoms with E-state index in [2.05, 4.69) is 0 Å². The van der Waals surface area contributed by atoms with E-state index in [9.17, 15) is 8.42 Å². The van der Waals surface area contributed by atoms with Crippen molar-refractivity contribution in [3.63, 3.8) is 0 Å². The van der Waals surface area contributed by atoms with Crippen LogP contribution < -0.4 is 15.6 Å². The first kappa shape index (κ1) is 23.5. The Morgan fingerprint density at radius 3 is 2.18 bits per heavy atom. The molecular formula is C15H30N2O3S2. The molecule has 0 aromatic heterocycles. The van der Waals surface area contributed by atoms with E-state index < -0.39 is 10.0 Å². The van der Waals surface area contributed by atoms with Gasteiger partial charge < -0.3 is 10.5 Å². The lowest BCUT2D eigenvalue weighted by atomic mass is 10.1. The van der Waals surface area contributed by atoms with Gasteiger partial charge in [-0.05, 0) is 30.4 Å². The number of thioether (sulfide) groups is 1. The van der Waals surface area contributed by atoms with Gasteiger partial charge in [-0.15, -0.1) is 0 Å². The summed E-state index contributed by atoms with van der Waals surface area (Å²) in [7, 11) is -2.38. The van der Waals surface area contributed by atoms with Crippen molar-refractivity contribution in [1.82, 2.24) is 0 Å². The molecular weight excluding hydrogens is 320 g/mol. The smallest absolute Gasteiger partial charge is 0.241 e. The minimum absolute atomic E-state index is 0.00106. The molecule has 22 heavy (non-hydrogen) atoms. The van der Waals surface area contributed by atoms with Crippen molar-refractivity contribution in [2.45, 2.75) is 45.1 Å². The third-order valence-electron chi connectivity index (χ3n) is 2.41. The van der Waals surface area contributed by atoms with Gasteiger partial charge in [0.25, 0.3) is 0 Å². The summed E-state index contributed by atoms with van der Waals surface area (Å²) in [6.45, 7) is 8.00. The summed E-state index contributed by atoms with van der Waals surface area (Å²) >= 11 is 1.65. The van der Waals surface area contributed by atoms with Crippen molar-refractivity contribution in [3.8, 4) is 5.75 Å². The summed E-state index contributed by atoms with van der Waals surface area (Å²) in [5, 5.41) is 5.15. The van der Waals surface area contributed by atoms with E-state index in [0.29, 0.717) is 6.42 Å². The van der Waals surface area contributed by atoms with Crippen molar-refractivity contribution in [3.05, 3.63) is 23.8 Å². The maximum absolute atomic E-state index is 11.4. The highest BCUT2D eigenvalue weighted by Gasteiger charge is 2.16. The lowest BCUT2D eigenvalue weighted by molar-refractivity contribution is 0.402. The number of primary sulfonamides is 1. The first-order chi connectivity index (χ1) is 10.4. The summed E-state index contributed by atoms with van der Waals surface area (Å²) in [6.07, 6.45) is 2.58. The molecule has 1 unspecified atom stereocenters. The van der Waals surface area contributed by atoms with Gasteiger partial charge in [-0.25, -0.2) is 13.6 Å². The van der Waals surface area contributed by atoms with Gasteiger partial charge in [0.15, 0.2) is 0 Å². The van der Waals surface area contributed by atoms with Crippen LogP contribution in [0, 0.1) is 0 Å². The summed E-state index contributed by atoms with van der Waals surface area (Å²) in [4.78, 5) is -0.00106. The second-order valence-corrected chi connectivity index (χ2v) is 6.39. The highest BCUT2D eigenvalue weighted by atomic mass is 32.2. The number of sulfonamides is 1. The summed E-state index contributed by atoms with van der Waals surface area (Å²) in [5.41, 5.74) is 6.75. The van der Waals surface area contributed by atoms with Crippen LogP contribution in [0.3, 0.4) is 0 Å². The van der Waals surface area contributed by atoms with Gasteiger partial charge in [0, 0.05) is 11.8 Å². The van der Waals surface area contributed by atoms with Crippen LogP contribution in [0.4, 0.5) is 0 Å². The maximum atomic E-state index is 11.4. The second kappa shape index (κ2) is 12.8. The van der Waals surface area contributed by atoms with Crippen molar-refractivity contribution in [1.29, 1.82) is 0 Å². The van der Waals surface area contributed by atoms with Crippen LogP contribution in [0.25, 0.3) is 0 Å². The van der Waals surface area contributed by atoms with E-state index in [1.165, 1.54) is 13.2 Å². The fourth-order valence-corrected chi connectivity index (χ4v) is 2.94. The fraction of sp³-hybridized carbons (Fsp3) is 0.600. The van der Waals surface area contributed by atoms with Gasteiger partial charge in [0.2, 0.25) is 10.0 Å². The van der Waals surface area contributed by atoms with E-state index >= 15 is 0 Å².